The van der Waals surface area contributed by atoms with Crippen LogP contribution in [0.1, 0.15) is 46.5 Å². The summed E-state index contributed by atoms with van der Waals surface area (Å²) >= 11 is 0. The smallest absolute Gasteiger partial charge is 0.410 e. The Kier molecular flexibility index (Phi) is 7.35. The van der Waals surface area contributed by atoms with E-state index in [2.05, 4.69) is 5.32 Å². The number of urea groups is 1. The van der Waals surface area contributed by atoms with Crippen molar-refractivity contribution in [2.75, 3.05) is 31.5 Å². The number of likely N-dealkylation sites (tertiary alicyclic amines) is 2. The van der Waals surface area contributed by atoms with E-state index in [1.165, 1.54) is 11.0 Å². The van der Waals surface area contributed by atoms with Gasteiger partial charge in [0.05, 0.1) is 12.2 Å². The fourth-order valence-electron chi connectivity index (χ4n) is 3.77. The first-order chi connectivity index (χ1) is 14.6. The maximum Gasteiger partial charge on any atom is 0.410 e. The number of nitrogens with one attached hydrogen (secondary N) is 1. The summed E-state index contributed by atoms with van der Waals surface area (Å²) in [5.74, 6) is -1.60. The Hall–Kier alpha value is -2.42. The third-order valence-electron chi connectivity index (χ3n) is 5.40. The van der Waals surface area contributed by atoms with E-state index in [9.17, 15) is 18.4 Å². The number of anilines is 1. The summed E-state index contributed by atoms with van der Waals surface area (Å²) in [6.07, 6.45) is 2.58. The van der Waals surface area contributed by atoms with E-state index >= 15 is 0 Å². The number of benzene rings is 1. The van der Waals surface area contributed by atoms with Crippen LogP contribution in [0.15, 0.2) is 18.2 Å². The molecule has 0 aliphatic carbocycles. The Bertz CT molecular complexity index is 763. The van der Waals surface area contributed by atoms with Crippen LogP contribution in [-0.4, -0.2) is 65.9 Å². The number of halogens is 2. The number of carbonyl (C=O) groups excluding carboxylic acids is 2. The number of hydrogen-bond acceptors (Lipinski definition) is 4. The van der Waals surface area contributed by atoms with E-state index in [0.29, 0.717) is 39.0 Å². The number of para-hydroxylation sites is 1. The molecule has 31 heavy (non-hydrogen) atoms. The zero-order chi connectivity index (χ0) is 22.6. The third-order valence-corrected chi connectivity index (χ3v) is 5.40. The second-order valence-electron chi connectivity index (χ2n) is 9.02. The van der Waals surface area contributed by atoms with Crippen LogP contribution in [-0.2, 0) is 9.47 Å². The van der Waals surface area contributed by atoms with E-state index in [4.69, 9.17) is 9.47 Å². The van der Waals surface area contributed by atoms with Crippen LogP contribution < -0.4 is 5.32 Å². The molecule has 2 aliphatic rings. The van der Waals surface area contributed by atoms with Gasteiger partial charge in [0.15, 0.2) is 0 Å². The summed E-state index contributed by atoms with van der Waals surface area (Å²) in [5.41, 5.74) is -0.939. The lowest BCUT2D eigenvalue weighted by Crippen LogP contribution is -2.46. The van der Waals surface area contributed by atoms with Crippen LogP contribution in [0.4, 0.5) is 24.1 Å². The van der Waals surface area contributed by atoms with Crippen molar-refractivity contribution in [2.24, 2.45) is 0 Å². The first-order valence-electron chi connectivity index (χ1n) is 10.8. The van der Waals surface area contributed by atoms with E-state index in [1.807, 2.05) is 20.8 Å². The maximum atomic E-state index is 13.7. The highest BCUT2D eigenvalue weighted by atomic mass is 19.1. The molecular formula is C22H31F2N3O4. The standard InChI is InChI=1S/C22H31F2N3O4/c1-22(2,3)31-21(29)27-13-9-16(10-14-27)30-15-7-11-26(12-8-15)20(28)25-19-17(23)5-4-6-18(19)24/h4-6,15-16H,7-14H2,1-3H3,(H,25,28). The number of amides is 3. The zero-order valence-corrected chi connectivity index (χ0v) is 18.3. The average molecular weight is 440 g/mol. The van der Waals surface area contributed by atoms with E-state index in [1.54, 1.807) is 4.90 Å². The number of carbonyl (C=O) groups is 2. The van der Waals surface area contributed by atoms with Crippen LogP contribution in [0.5, 0.6) is 0 Å². The molecule has 0 saturated carbocycles. The Morgan fingerprint density at radius 3 is 1.90 bits per heavy atom. The predicted octanol–water partition coefficient (Wildman–Crippen LogP) is 4.38. The monoisotopic (exact) mass is 439 g/mol. The van der Waals surface area contributed by atoms with E-state index < -0.39 is 29.0 Å². The first-order valence-corrected chi connectivity index (χ1v) is 10.8. The molecule has 2 saturated heterocycles. The fourth-order valence-corrected chi connectivity index (χ4v) is 3.77. The molecule has 1 aromatic rings. The molecule has 2 fully saturated rings. The van der Waals surface area contributed by atoms with Gasteiger partial charge in [0, 0.05) is 26.2 Å². The van der Waals surface area contributed by atoms with Crippen LogP contribution >= 0.6 is 0 Å². The highest BCUT2D eigenvalue weighted by Crippen LogP contribution is 2.23. The van der Waals surface area contributed by atoms with Crippen LogP contribution in [0, 0.1) is 11.6 Å². The second kappa shape index (κ2) is 9.80. The Labute approximate surface area is 181 Å². The molecular weight excluding hydrogens is 408 g/mol. The molecule has 9 heteroatoms. The van der Waals surface area contributed by atoms with Crippen molar-refractivity contribution >= 4 is 17.8 Å². The Morgan fingerprint density at radius 2 is 1.42 bits per heavy atom. The zero-order valence-electron chi connectivity index (χ0n) is 18.3. The molecule has 2 heterocycles. The van der Waals surface area contributed by atoms with Crippen molar-refractivity contribution < 1.29 is 27.8 Å². The Balaban J connectivity index is 1.40. The van der Waals surface area contributed by atoms with Gasteiger partial charge in [0.2, 0.25) is 0 Å². The van der Waals surface area contributed by atoms with Crippen LogP contribution in [0.25, 0.3) is 0 Å². The van der Waals surface area contributed by atoms with Gasteiger partial charge in [-0.05, 0) is 58.6 Å². The van der Waals surface area contributed by atoms with Crippen molar-refractivity contribution in [1.29, 1.82) is 0 Å². The third kappa shape index (κ3) is 6.53. The molecule has 3 rings (SSSR count). The molecule has 0 spiro atoms. The number of rotatable bonds is 3. The number of hydrogen-bond donors (Lipinski definition) is 1. The van der Waals surface area contributed by atoms with Gasteiger partial charge in [-0.25, -0.2) is 18.4 Å². The summed E-state index contributed by atoms with van der Waals surface area (Å²) in [6.45, 7) is 7.62. The maximum absolute atomic E-state index is 13.7. The highest BCUT2D eigenvalue weighted by molar-refractivity contribution is 5.89. The summed E-state index contributed by atoms with van der Waals surface area (Å²) in [4.78, 5) is 27.8. The minimum Gasteiger partial charge on any atom is -0.444 e. The molecule has 2 aliphatic heterocycles. The molecule has 0 aromatic heterocycles. The normalized spacial score (nSPS) is 18.7. The minimum absolute atomic E-state index is 0.0207. The van der Waals surface area contributed by atoms with Crippen molar-refractivity contribution in [3.8, 4) is 0 Å². The van der Waals surface area contributed by atoms with Crippen molar-refractivity contribution in [2.45, 2.75) is 64.3 Å². The molecule has 1 N–H and O–H groups in total. The highest BCUT2D eigenvalue weighted by Gasteiger charge is 2.30. The minimum atomic E-state index is -0.802. The topological polar surface area (TPSA) is 71.1 Å². The molecule has 3 amide bonds. The van der Waals surface area contributed by atoms with Crippen LogP contribution in [0.2, 0.25) is 0 Å². The largest absolute Gasteiger partial charge is 0.444 e. The summed E-state index contributed by atoms with van der Waals surface area (Å²) in [5, 5.41) is 2.32. The van der Waals surface area contributed by atoms with Gasteiger partial charge in [0.25, 0.3) is 0 Å². The molecule has 0 radical (unpaired) electrons. The van der Waals surface area contributed by atoms with Gasteiger partial charge in [-0.3, -0.25) is 0 Å². The molecule has 0 atom stereocenters. The van der Waals surface area contributed by atoms with E-state index in [0.717, 1.165) is 25.0 Å². The number of ether oxygens (including phenoxy) is 2. The molecule has 0 unspecified atom stereocenters. The van der Waals surface area contributed by atoms with E-state index in [-0.39, 0.29) is 18.3 Å². The quantitative estimate of drug-likeness (QED) is 0.759. The number of piperidine rings is 2. The van der Waals surface area contributed by atoms with Gasteiger partial charge in [-0.1, -0.05) is 6.07 Å². The lowest BCUT2D eigenvalue weighted by molar-refractivity contribution is -0.0624. The molecule has 7 nitrogen and oxygen atoms in total. The van der Waals surface area contributed by atoms with Gasteiger partial charge < -0.3 is 24.6 Å². The molecule has 172 valence electrons. The van der Waals surface area contributed by atoms with Crippen molar-refractivity contribution in [1.82, 2.24) is 9.80 Å². The Morgan fingerprint density at radius 1 is 0.935 bits per heavy atom. The second-order valence-corrected chi connectivity index (χ2v) is 9.02. The van der Waals surface area contributed by atoms with Crippen molar-refractivity contribution in [3.05, 3.63) is 29.8 Å². The van der Waals surface area contributed by atoms with Gasteiger partial charge in [0.1, 0.15) is 22.9 Å². The average Bonchev–Trinajstić information content (AvgIpc) is 2.70. The summed E-state index contributed by atoms with van der Waals surface area (Å²) < 4.78 is 39.1. The SMILES string of the molecule is CC(C)(C)OC(=O)N1CCC(OC2CCN(C(=O)Nc3c(F)cccc3F)CC2)CC1. The first kappa shape index (κ1) is 23.2. The van der Waals surface area contributed by atoms with Crippen LogP contribution in [0.3, 0.4) is 0 Å². The lowest BCUT2D eigenvalue weighted by Gasteiger charge is -2.37. The van der Waals surface area contributed by atoms with Crippen molar-refractivity contribution in [3.63, 3.8) is 0 Å². The van der Waals surface area contributed by atoms with Gasteiger partial charge in [-0.2, -0.15) is 0 Å². The molecule has 0 bridgehead atoms. The fraction of sp³-hybridized carbons (Fsp3) is 0.636. The molecule has 1 aromatic carbocycles. The van der Waals surface area contributed by atoms with Gasteiger partial charge >= 0.3 is 12.1 Å². The summed E-state index contributed by atoms with van der Waals surface area (Å²) in [6, 6.07) is 2.94. The predicted molar refractivity (Wildman–Crippen MR) is 112 cm³/mol. The van der Waals surface area contributed by atoms with Gasteiger partial charge in [-0.15, -0.1) is 0 Å². The summed E-state index contributed by atoms with van der Waals surface area (Å²) in [7, 11) is 0. The lowest BCUT2D eigenvalue weighted by atomic mass is 10.0. The number of nitrogens with zero attached hydrogens (tertiary/aromatic N) is 2.